The molecule has 0 aliphatic heterocycles. The maximum Gasteiger partial charge on any atom is 0.516 e. The number of ether oxygens (including phenoxy) is 2. The van der Waals surface area contributed by atoms with Crippen LogP contribution in [0.2, 0.25) is 0 Å². The number of carbonyl (C=O) groups excluding carboxylic acids is 1. The Balaban J connectivity index is 2.27. The standard InChI is InChI=1S/C12H14INO3S/c1-2-10(13)14-11(18)17-12(15)16-8-9-6-4-3-5-7-9/h3-7,10H,2,8H2,1H3,(H,14,18). The number of hydrogen-bond acceptors (Lipinski definition) is 4. The van der Waals surface area contributed by atoms with Crippen LogP contribution in [-0.2, 0) is 16.1 Å². The van der Waals surface area contributed by atoms with Gasteiger partial charge in [0.15, 0.2) is 0 Å². The van der Waals surface area contributed by atoms with E-state index in [1.165, 1.54) is 0 Å². The van der Waals surface area contributed by atoms with Crippen molar-refractivity contribution < 1.29 is 14.3 Å². The van der Waals surface area contributed by atoms with Crippen molar-refractivity contribution in [2.45, 2.75) is 24.0 Å². The van der Waals surface area contributed by atoms with E-state index in [9.17, 15) is 4.79 Å². The Hall–Kier alpha value is -0.890. The SMILES string of the molecule is CCC(I)NC(=S)OC(=O)OCc1ccccc1. The van der Waals surface area contributed by atoms with Crippen LogP contribution in [0.15, 0.2) is 30.3 Å². The van der Waals surface area contributed by atoms with E-state index >= 15 is 0 Å². The Morgan fingerprint density at radius 1 is 1.44 bits per heavy atom. The summed E-state index contributed by atoms with van der Waals surface area (Å²) in [5.41, 5.74) is 0.897. The van der Waals surface area contributed by atoms with Gasteiger partial charge in [0.05, 0.1) is 4.05 Å². The summed E-state index contributed by atoms with van der Waals surface area (Å²) in [6.07, 6.45) is 0.0828. The normalized spacial score (nSPS) is 11.4. The zero-order valence-corrected chi connectivity index (χ0v) is 12.9. The van der Waals surface area contributed by atoms with Crippen molar-refractivity contribution in [3.05, 3.63) is 35.9 Å². The fraction of sp³-hybridized carbons (Fsp3) is 0.333. The molecule has 18 heavy (non-hydrogen) atoms. The number of halogens is 1. The third kappa shape index (κ3) is 6.15. The summed E-state index contributed by atoms with van der Waals surface area (Å²) in [7, 11) is 0. The quantitative estimate of drug-likeness (QED) is 0.286. The monoisotopic (exact) mass is 379 g/mol. The van der Waals surface area contributed by atoms with Gasteiger partial charge in [-0.2, -0.15) is 0 Å². The molecule has 0 amide bonds. The lowest BCUT2D eigenvalue weighted by Gasteiger charge is -2.11. The second-order valence-electron chi connectivity index (χ2n) is 3.43. The molecule has 0 spiro atoms. The van der Waals surface area contributed by atoms with Crippen LogP contribution in [0.3, 0.4) is 0 Å². The van der Waals surface area contributed by atoms with Gasteiger partial charge >= 0.3 is 6.16 Å². The summed E-state index contributed by atoms with van der Waals surface area (Å²) >= 11 is 7.03. The zero-order chi connectivity index (χ0) is 13.4. The van der Waals surface area contributed by atoms with Crippen molar-refractivity contribution in [3.63, 3.8) is 0 Å². The molecule has 0 heterocycles. The maximum absolute atomic E-state index is 11.3. The lowest BCUT2D eigenvalue weighted by molar-refractivity contribution is 0.0887. The Morgan fingerprint density at radius 3 is 2.72 bits per heavy atom. The number of benzene rings is 1. The Kier molecular flexibility index (Phi) is 6.96. The van der Waals surface area contributed by atoms with Gasteiger partial charge in [-0.3, -0.25) is 0 Å². The minimum absolute atomic E-state index is 0.0364. The zero-order valence-electron chi connectivity index (χ0n) is 9.89. The summed E-state index contributed by atoms with van der Waals surface area (Å²) < 4.78 is 9.86. The van der Waals surface area contributed by atoms with E-state index in [0.717, 1.165) is 12.0 Å². The van der Waals surface area contributed by atoms with E-state index in [1.54, 1.807) is 0 Å². The fourth-order valence-corrected chi connectivity index (χ4v) is 1.79. The van der Waals surface area contributed by atoms with Crippen molar-refractivity contribution >= 4 is 46.1 Å². The van der Waals surface area contributed by atoms with Gasteiger partial charge in [-0.05, 0) is 24.2 Å². The summed E-state index contributed by atoms with van der Waals surface area (Å²) in [6, 6.07) is 9.37. The fourth-order valence-electron chi connectivity index (χ4n) is 1.08. The first-order chi connectivity index (χ1) is 8.61. The van der Waals surface area contributed by atoms with Crippen LogP contribution in [0.4, 0.5) is 4.79 Å². The third-order valence-corrected chi connectivity index (χ3v) is 3.40. The molecule has 0 saturated carbocycles. The molecule has 1 aromatic rings. The van der Waals surface area contributed by atoms with Crippen LogP contribution in [0.1, 0.15) is 18.9 Å². The highest BCUT2D eigenvalue weighted by Crippen LogP contribution is 2.03. The highest BCUT2D eigenvalue weighted by Gasteiger charge is 2.10. The molecule has 0 bridgehead atoms. The van der Waals surface area contributed by atoms with Crippen LogP contribution < -0.4 is 5.32 Å². The van der Waals surface area contributed by atoms with Crippen molar-refractivity contribution in [2.24, 2.45) is 0 Å². The first-order valence-electron chi connectivity index (χ1n) is 5.45. The van der Waals surface area contributed by atoms with Gasteiger partial charge in [0.1, 0.15) is 6.61 Å². The molecule has 1 N–H and O–H groups in total. The van der Waals surface area contributed by atoms with Crippen molar-refractivity contribution in [1.29, 1.82) is 0 Å². The third-order valence-electron chi connectivity index (χ3n) is 2.01. The Morgan fingerprint density at radius 2 is 2.11 bits per heavy atom. The van der Waals surface area contributed by atoms with Gasteiger partial charge in [0, 0.05) is 0 Å². The molecule has 1 atom stereocenters. The Labute approximate surface area is 125 Å². The highest BCUT2D eigenvalue weighted by atomic mass is 127. The first-order valence-corrected chi connectivity index (χ1v) is 7.10. The van der Waals surface area contributed by atoms with E-state index in [1.807, 2.05) is 37.3 Å². The summed E-state index contributed by atoms with van der Waals surface area (Å²) in [5, 5.41) is 2.89. The van der Waals surface area contributed by atoms with Gasteiger partial charge in [-0.1, -0.05) is 59.8 Å². The molecule has 4 nitrogen and oxygen atoms in total. The van der Waals surface area contributed by atoms with Crippen molar-refractivity contribution in [3.8, 4) is 0 Å². The lowest BCUT2D eigenvalue weighted by atomic mass is 10.2. The largest absolute Gasteiger partial charge is 0.516 e. The van der Waals surface area contributed by atoms with Crippen LogP contribution in [-0.4, -0.2) is 15.4 Å². The molecule has 98 valence electrons. The maximum atomic E-state index is 11.3. The number of alkyl halides is 1. The molecule has 1 rings (SSSR count). The summed E-state index contributed by atoms with van der Waals surface area (Å²) in [6.45, 7) is 2.17. The molecule has 1 unspecified atom stereocenters. The molecular weight excluding hydrogens is 365 g/mol. The number of thiocarbonyl (C=S) groups is 1. The van der Waals surface area contributed by atoms with Crippen LogP contribution in [0.25, 0.3) is 0 Å². The van der Waals surface area contributed by atoms with Crippen molar-refractivity contribution in [1.82, 2.24) is 5.32 Å². The molecule has 0 fully saturated rings. The van der Waals surface area contributed by atoms with E-state index in [-0.39, 0.29) is 15.8 Å². The van der Waals surface area contributed by atoms with E-state index < -0.39 is 6.16 Å². The van der Waals surface area contributed by atoms with Crippen LogP contribution in [0.5, 0.6) is 0 Å². The molecule has 0 aliphatic carbocycles. The molecular formula is C12H14INO3S. The minimum atomic E-state index is -0.795. The second-order valence-corrected chi connectivity index (χ2v) is 5.31. The molecule has 1 aromatic carbocycles. The highest BCUT2D eigenvalue weighted by molar-refractivity contribution is 14.1. The van der Waals surface area contributed by atoms with E-state index in [2.05, 4.69) is 27.9 Å². The molecule has 0 radical (unpaired) electrons. The average Bonchev–Trinajstić information content (AvgIpc) is 2.37. The number of nitrogens with one attached hydrogen (secondary N) is 1. The van der Waals surface area contributed by atoms with Crippen molar-refractivity contribution in [2.75, 3.05) is 0 Å². The average molecular weight is 379 g/mol. The molecule has 0 aromatic heterocycles. The summed E-state index contributed by atoms with van der Waals surface area (Å²) in [5.74, 6) is 0. The number of hydrogen-bond donors (Lipinski definition) is 1. The van der Waals surface area contributed by atoms with Gasteiger partial charge < -0.3 is 14.8 Å². The number of carbonyl (C=O) groups is 1. The van der Waals surface area contributed by atoms with Gasteiger partial charge in [0.25, 0.3) is 5.17 Å². The van der Waals surface area contributed by atoms with Crippen LogP contribution >= 0.6 is 34.8 Å². The van der Waals surface area contributed by atoms with E-state index in [4.69, 9.17) is 21.7 Å². The second kappa shape index (κ2) is 8.25. The van der Waals surface area contributed by atoms with Gasteiger partial charge in [-0.15, -0.1) is 0 Å². The molecule has 0 aliphatic rings. The van der Waals surface area contributed by atoms with Gasteiger partial charge in [0.2, 0.25) is 0 Å². The topological polar surface area (TPSA) is 47.6 Å². The molecule has 0 saturated heterocycles. The van der Waals surface area contributed by atoms with Gasteiger partial charge in [-0.25, -0.2) is 4.79 Å². The van der Waals surface area contributed by atoms with Crippen LogP contribution in [0, 0.1) is 0 Å². The summed E-state index contributed by atoms with van der Waals surface area (Å²) in [4.78, 5) is 11.3. The van der Waals surface area contributed by atoms with E-state index in [0.29, 0.717) is 0 Å². The predicted octanol–water partition coefficient (Wildman–Crippen LogP) is 3.39. The Bertz CT molecular complexity index is 400. The smallest absolute Gasteiger partial charge is 0.429 e. The minimum Gasteiger partial charge on any atom is -0.429 e. The first kappa shape index (κ1) is 15.2. The lowest BCUT2D eigenvalue weighted by Crippen LogP contribution is -2.32. The number of rotatable bonds is 4. The molecule has 6 heteroatoms. The predicted molar refractivity (Wildman–Crippen MR) is 81.5 cm³/mol.